The van der Waals surface area contributed by atoms with Gasteiger partial charge in [-0.05, 0) is 54.6 Å². The molecule has 0 atom stereocenters. The van der Waals surface area contributed by atoms with E-state index in [1.165, 1.54) is 60.7 Å². The van der Waals surface area contributed by atoms with E-state index in [1.54, 1.807) is 18.2 Å². The van der Waals surface area contributed by atoms with Crippen LogP contribution in [0.5, 0.6) is 0 Å². The highest BCUT2D eigenvalue weighted by Gasteiger charge is 2.40. The molecule has 0 saturated heterocycles. The molecular weight excluding hydrogens is 491 g/mol. The number of sulfone groups is 1. The van der Waals surface area contributed by atoms with Gasteiger partial charge in [0.15, 0.2) is 5.69 Å². The number of carbonyl (C=O) groups excluding carboxylic acids is 1. The second-order valence-electron chi connectivity index (χ2n) is 7.09. The fourth-order valence-electron chi connectivity index (χ4n) is 3.24. The Balaban J connectivity index is 1.68. The Kier molecular flexibility index (Phi) is 6.20. The number of nitrogens with zero attached hydrogens (tertiary/aromatic N) is 2. The van der Waals surface area contributed by atoms with Crippen LogP contribution in [0.2, 0.25) is 5.02 Å². The molecule has 1 heterocycles. The summed E-state index contributed by atoms with van der Waals surface area (Å²) in [6, 6.07) is 18.4. The molecule has 0 saturated carbocycles. The number of anilines is 1. The van der Waals surface area contributed by atoms with Crippen molar-refractivity contribution in [3.05, 3.63) is 101 Å². The van der Waals surface area contributed by atoms with Gasteiger partial charge in [-0.15, -0.1) is 0 Å². The van der Waals surface area contributed by atoms with Crippen LogP contribution in [0.25, 0.3) is 5.69 Å². The average Bonchev–Trinajstić information content (AvgIpc) is 3.26. The summed E-state index contributed by atoms with van der Waals surface area (Å²) in [6.07, 6.45) is -4.10. The second kappa shape index (κ2) is 8.96. The summed E-state index contributed by atoms with van der Waals surface area (Å²) in [5.74, 6) is -1.10. The smallest absolute Gasteiger partial charge is 0.322 e. The predicted molar refractivity (Wildman–Crippen MR) is 120 cm³/mol. The Bertz CT molecular complexity index is 1450. The van der Waals surface area contributed by atoms with Crippen molar-refractivity contribution in [1.29, 1.82) is 0 Å². The van der Waals surface area contributed by atoms with Crippen LogP contribution in [0.15, 0.2) is 94.9 Å². The van der Waals surface area contributed by atoms with Crippen LogP contribution in [0, 0.1) is 0 Å². The molecule has 0 bridgehead atoms. The highest BCUT2D eigenvalue weighted by molar-refractivity contribution is 7.91. The summed E-state index contributed by atoms with van der Waals surface area (Å²) in [5, 5.41) is 6.40. The first-order valence-corrected chi connectivity index (χ1v) is 11.6. The Labute approximate surface area is 197 Å². The lowest BCUT2D eigenvalue weighted by Crippen LogP contribution is -2.20. The Hall–Kier alpha value is -3.63. The highest BCUT2D eigenvalue weighted by Crippen LogP contribution is 2.34. The highest BCUT2D eigenvalue weighted by atomic mass is 35.5. The van der Waals surface area contributed by atoms with E-state index in [2.05, 4.69) is 10.4 Å². The van der Waals surface area contributed by atoms with Crippen molar-refractivity contribution in [3.63, 3.8) is 0 Å². The minimum absolute atomic E-state index is 0.00868. The number of alkyl halides is 3. The molecule has 174 valence electrons. The number of hydrogen-bond donors (Lipinski definition) is 1. The fraction of sp³-hybridized carbons (Fsp3) is 0.0435. The van der Waals surface area contributed by atoms with Gasteiger partial charge in [-0.3, -0.25) is 4.79 Å². The van der Waals surface area contributed by atoms with Gasteiger partial charge in [0.1, 0.15) is 0 Å². The van der Waals surface area contributed by atoms with Gasteiger partial charge in [-0.1, -0.05) is 35.9 Å². The molecule has 0 aliphatic heterocycles. The second-order valence-corrected chi connectivity index (χ2v) is 9.48. The number of halogens is 4. The van der Waals surface area contributed by atoms with Crippen molar-refractivity contribution >= 4 is 33.0 Å². The van der Waals surface area contributed by atoms with E-state index in [4.69, 9.17) is 11.6 Å². The standard InChI is InChI=1S/C23H15ClF3N3O3S/c24-15-9-11-17(12-10-15)30-21(23(25,26)27)20(14-28-30)22(31)29-16-5-4-8-19(13-16)34(32,33)18-6-2-1-3-7-18/h1-14H,(H,29,31). The van der Waals surface area contributed by atoms with Crippen LogP contribution >= 0.6 is 11.6 Å². The molecule has 11 heteroatoms. The molecule has 0 aliphatic carbocycles. The maximum atomic E-state index is 13.9. The van der Waals surface area contributed by atoms with Gasteiger partial charge in [0.05, 0.1) is 27.2 Å². The maximum Gasteiger partial charge on any atom is 0.434 e. The summed E-state index contributed by atoms with van der Waals surface area (Å²) in [4.78, 5) is 12.7. The van der Waals surface area contributed by atoms with Crippen LogP contribution in [0.1, 0.15) is 16.1 Å². The van der Waals surface area contributed by atoms with Gasteiger partial charge in [-0.25, -0.2) is 13.1 Å². The molecule has 0 spiro atoms. The van der Waals surface area contributed by atoms with Gasteiger partial charge in [-0.2, -0.15) is 18.3 Å². The number of nitrogens with one attached hydrogen (secondary N) is 1. The molecule has 0 unspecified atom stereocenters. The van der Waals surface area contributed by atoms with Gasteiger partial charge >= 0.3 is 6.18 Å². The van der Waals surface area contributed by atoms with Crippen LogP contribution in [-0.4, -0.2) is 24.1 Å². The van der Waals surface area contributed by atoms with Gasteiger partial charge in [0, 0.05) is 10.7 Å². The zero-order valence-electron chi connectivity index (χ0n) is 17.1. The lowest BCUT2D eigenvalue weighted by Gasteiger charge is -2.13. The number of aromatic nitrogens is 2. The molecule has 0 radical (unpaired) electrons. The number of hydrogen-bond acceptors (Lipinski definition) is 4. The Morgan fingerprint density at radius 1 is 0.912 bits per heavy atom. The molecule has 1 N–H and O–H groups in total. The minimum Gasteiger partial charge on any atom is -0.322 e. The van der Waals surface area contributed by atoms with E-state index < -0.39 is 33.2 Å². The molecule has 1 amide bonds. The quantitative estimate of drug-likeness (QED) is 0.381. The molecule has 4 rings (SSSR count). The predicted octanol–water partition coefficient (Wildman–Crippen LogP) is 5.63. The van der Waals surface area contributed by atoms with E-state index in [-0.39, 0.29) is 21.2 Å². The van der Waals surface area contributed by atoms with E-state index in [0.717, 1.165) is 6.20 Å². The molecule has 4 aromatic rings. The van der Waals surface area contributed by atoms with Crippen molar-refractivity contribution in [2.45, 2.75) is 16.0 Å². The molecule has 0 fully saturated rings. The third-order valence-electron chi connectivity index (χ3n) is 4.81. The SMILES string of the molecule is O=C(Nc1cccc(S(=O)(=O)c2ccccc2)c1)c1cnn(-c2ccc(Cl)cc2)c1C(F)(F)F. The number of rotatable bonds is 5. The number of benzene rings is 3. The molecule has 3 aromatic carbocycles. The Morgan fingerprint density at radius 3 is 2.21 bits per heavy atom. The largest absolute Gasteiger partial charge is 0.434 e. The molecule has 1 aromatic heterocycles. The van der Waals surface area contributed by atoms with Crippen molar-refractivity contribution in [2.24, 2.45) is 0 Å². The maximum absolute atomic E-state index is 13.9. The first kappa shape index (κ1) is 23.5. The molecule has 0 aliphatic rings. The van der Waals surface area contributed by atoms with Crippen LogP contribution < -0.4 is 5.32 Å². The first-order valence-electron chi connectivity index (χ1n) is 9.70. The number of amides is 1. The topological polar surface area (TPSA) is 81.1 Å². The summed E-state index contributed by atoms with van der Waals surface area (Å²) < 4.78 is 67.9. The Morgan fingerprint density at radius 2 is 1.56 bits per heavy atom. The van der Waals surface area contributed by atoms with Crippen molar-refractivity contribution < 1.29 is 26.4 Å². The summed E-state index contributed by atoms with van der Waals surface area (Å²) in [6.45, 7) is 0. The monoisotopic (exact) mass is 505 g/mol. The van der Waals surface area contributed by atoms with Crippen LogP contribution in [0.4, 0.5) is 18.9 Å². The van der Waals surface area contributed by atoms with Gasteiger partial charge < -0.3 is 5.32 Å². The van der Waals surface area contributed by atoms with Gasteiger partial charge in [0.2, 0.25) is 9.84 Å². The zero-order valence-corrected chi connectivity index (χ0v) is 18.7. The van der Waals surface area contributed by atoms with Crippen LogP contribution in [-0.2, 0) is 16.0 Å². The van der Waals surface area contributed by atoms with E-state index >= 15 is 0 Å². The molecular formula is C23H15ClF3N3O3S. The fourth-order valence-corrected chi connectivity index (χ4v) is 4.69. The minimum atomic E-state index is -4.90. The summed E-state index contributed by atoms with van der Waals surface area (Å²) in [5.41, 5.74) is -1.93. The third kappa shape index (κ3) is 4.68. The van der Waals surface area contributed by atoms with E-state index in [0.29, 0.717) is 9.70 Å². The van der Waals surface area contributed by atoms with Crippen LogP contribution in [0.3, 0.4) is 0 Å². The van der Waals surface area contributed by atoms with E-state index in [1.807, 2.05) is 0 Å². The summed E-state index contributed by atoms with van der Waals surface area (Å²) in [7, 11) is -3.89. The third-order valence-corrected chi connectivity index (χ3v) is 6.83. The van der Waals surface area contributed by atoms with Crippen molar-refractivity contribution in [3.8, 4) is 5.69 Å². The van der Waals surface area contributed by atoms with Crippen molar-refractivity contribution in [2.75, 3.05) is 5.32 Å². The average molecular weight is 506 g/mol. The lowest BCUT2D eigenvalue weighted by molar-refractivity contribution is -0.143. The first-order chi connectivity index (χ1) is 16.1. The lowest BCUT2D eigenvalue weighted by atomic mass is 10.2. The van der Waals surface area contributed by atoms with Crippen molar-refractivity contribution in [1.82, 2.24) is 9.78 Å². The van der Waals surface area contributed by atoms with Gasteiger partial charge in [0.25, 0.3) is 5.91 Å². The number of carbonyl (C=O) groups is 1. The molecule has 6 nitrogen and oxygen atoms in total. The zero-order chi connectivity index (χ0) is 24.5. The normalized spacial score (nSPS) is 11.9. The molecule has 34 heavy (non-hydrogen) atoms. The summed E-state index contributed by atoms with van der Waals surface area (Å²) >= 11 is 5.80. The van der Waals surface area contributed by atoms with E-state index in [9.17, 15) is 26.4 Å².